The zero-order chi connectivity index (χ0) is 21.3. The quantitative estimate of drug-likeness (QED) is 0.364. The molecule has 0 bridgehead atoms. The molecule has 0 saturated heterocycles. The average molecular weight is 423 g/mol. The molecule has 0 N–H and O–H groups in total. The van der Waals surface area contributed by atoms with Crippen LogP contribution in [0, 0.1) is 12.7 Å². The van der Waals surface area contributed by atoms with E-state index in [0.717, 1.165) is 21.6 Å². The lowest BCUT2D eigenvalue weighted by atomic mass is 10.1. The van der Waals surface area contributed by atoms with Gasteiger partial charge in [0, 0.05) is 25.6 Å². The summed E-state index contributed by atoms with van der Waals surface area (Å²) in [6.07, 6.45) is 8.32. The molecule has 1 aromatic carbocycles. The van der Waals surface area contributed by atoms with Crippen molar-refractivity contribution >= 4 is 21.9 Å². The smallest absolute Gasteiger partial charge is 0.279 e. The van der Waals surface area contributed by atoms with Crippen LogP contribution in [0.5, 0.6) is 0 Å². The van der Waals surface area contributed by atoms with E-state index in [0.29, 0.717) is 16.9 Å². The third-order valence-electron chi connectivity index (χ3n) is 4.68. The Morgan fingerprint density at radius 2 is 1.87 bits per heavy atom. The van der Waals surface area contributed by atoms with Crippen LogP contribution in [0.2, 0.25) is 0 Å². The van der Waals surface area contributed by atoms with Gasteiger partial charge in [0.15, 0.2) is 0 Å². The molecule has 0 radical (unpaired) electrons. The summed E-state index contributed by atoms with van der Waals surface area (Å²) >= 11 is 0. The Balaban J connectivity index is 1.67. The van der Waals surface area contributed by atoms with Crippen LogP contribution >= 0.6 is 0 Å². The molecule has 0 unspecified atom stereocenters. The van der Waals surface area contributed by atoms with Crippen LogP contribution < -0.4 is 0 Å². The third kappa shape index (κ3) is 3.67. The van der Waals surface area contributed by atoms with Gasteiger partial charge < -0.3 is 0 Å². The molecule has 0 spiro atoms. The number of rotatable bonds is 5. The maximum atomic E-state index is 13.6. The number of imidazole rings is 1. The monoisotopic (exact) mass is 423 g/mol. The molecule has 0 fully saturated rings. The Morgan fingerprint density at radius 1 is 1.10 bits per heavy atom. The molecule has 0 aliphatic heterocycles. The minimum Gasteiger partial charge on any atom is -0.298 e. The van der Waals surface area contributed by atoms with Crippen LogP contribution in [0.25, 0.3) is 16.8 Å². The van der Waals surface area contributed by atoms with E-state index in [1.807, 2.05) is 34.9 Å². The zero-order valence-electron chi connectivity index (χ0n) is 16.3. The Morgan fingerprint density at radius 3 is 2.63 bits per heavy atom. The van der Waals surface area contributed by atoms with Gasteiger partial charge in [-0.15, -0.1) is 0 Å². The van der Waals surface area contributed by atoms with Crippen molar-refractivity contribution in [1.29, 1.82) is 0 Å². The van der Waals surface area contributed by atoms with Crippen molar-refractivity contribution in [2.24, 2.45) is 5.10 Å². The summed E-state index contributed by atoms with van der Waals surface area (Å²) in [5, 5.41) is 4.07. The van der Waals surface area contributed by atoms with Crippen molar-refractivity contribution in [2.45, 2.75) is 11.8 Å². The fourth-order valence-electron chi connectivity index (χ4n) is 3.01. The van der Waals surface area contributed by atoms with Gasteiger partial charge in [-0.3, -0.25) is 9.38 Å². The van der Waals surface area contributed by atoms with Crippen molar-refractivity contribution < 1.29 is 12.8 Å². The van der Waals surface area contributed by atoms with Gasteiger partial charge in [-0.2, -0.15) is 17.9 Å². The number of benzene rings is 1. The highest BCUT2D eigenvalue weighted by molar-refractivity contribution is 7.89. The first-order valence-electron chi connectivity index (χ1n) is 9.03. The SMILES string of the molecule is Cc1ccc(F)cc1S(=O)(=O)N(C)N=Cc1cnc2ccc(-c3ccncc3)cn12. The lowest BCUT2D eigenvalue weighted by molar-refractivity contribution is 0.489. The first kappa shape index (κ1) is 19.7. The number of aromatic nitrogens is 3. The largest absolute Gasteiger partial charge is 0.298 e. The molecule has 0 amide bonds. The highest BCUT2D eigenvalue weighted by atomic mass is 32.2. The molecule has 4 rings (SSSR count). The van der Waals surface area contributed by atoms with Gasteiger partial charge in [-0.05, 0) is 60.0 Å². The minimum atomic E-state index is -3.99. The highest BCUT2D eigenvalue weighted by Gasteiger charge is 2.22. The first-order chi connectivity index (χ1) is 14.4. The number of aryl methyl sites for hydroxylation is 1. The van der Waals surface area contributed by atoms with Crippen molar-refractivity contribution in [3.63, 3.8) is 0 Å². The molecule has 0 aliphatic rings. The summed E-state index contributed by atoms with van der Waals surface area (Å²) in [5.74, 6) is -0.623. The van der Waals surface area contributed by atoms with Gasteiger partial charge >= 0.3 is 0 Å². The zero-order valence-corrected chi connectivity index (χ0v) is 17.1. The molecular formula is C21H18FN5O2S. The number of hydrogen-bond acceptors (Lipinski definition) is 5. The second-order valence-corrected chi connectivity index (χ2v) is 8.58. The predicted octanol–water partition coefficient (Wildman–Crippen LogP) is 3.50. The van der Waals surface area contributed by atoms with Crippen molar-refractivity contribution in [3.8, 4) is 11.1 Å². The van der Waals surface area contributed by atoms with E-state index in [-0.39, 0.29) is 4.90 Å². The first-order valence-corrected chi connectivity index (χ1v) is 10.5. The Kier molecular flexibility index (Phi) is 5.04. The van der Waals surface area contributed by atoms with Crippen molar-refractivity contribution in [2.75, 3.05) is 7.05 Å². The molecule has 9 heteroatoms. The number of hydrogen-bond donors (Lipinski definition) is 0. The van der Waals surface area contributed by atoms with E-state index in [1.165, 1.54) is 25.4 Å². The Labute approximate surface area is 173 Å². The maximum Gasteiger partial charge on any atom is 0.279 e. The molecule has 4 aromatic rings. The minimum absolute atomic E-state index is 0.125. The van der Waals surface area contributed by atoms with Crippen LogP contribution in [0.15, 0.2) is 77.2 Å². The molecular weight excluding hydrogens is 405 g/mol. The summed E-state index contributed by atoms with van der Waals surface area (Å²) in [7, 11) is -2.68. The maximum absolute atomic E-state index is 13.6. The summed E-state index contributed by atoms with van der Waals surface area (Å²) in [5.41, 5.74) is 3.67. The van der Waals surface area contributed by atoms with Crippen LogP contribution in [0.4, 0.5) is 4.39 Å². The fourth-order valence-corrected chi connectivity index (χ4v) is 4.20. The standard InChI is InChI=1S/C21H18FN5O2S/c1-15-3-5-18(22)11-20(15)30(28,29)26(2)25-13-19-12-24-21-6-4-17(14-27(19)21)16-7-9-23-10-8-16/h3-14H,1-2H3. The molecule has 0 atom stereocenters. The van der Waals surface area contributed by atoms with Gasteiger partial charge in [-0.1, -0.05) is 6.07 Å². The van der Waals surface area contributed by atoms with Gasteiger partial charge in [-0.25, -0.2) is 9.37 Å². The van der Waals surface area contributed by atoms with E-state index in [1.54, 1.807) is 25.5 Å². The number of sulfonamides is 1. The highest BCUT2D eigenvalue weighted by Crippen LogP contribution is 2.21. The topological polar surface area (TPSA) is 79.9 Å². The third-order valence-corrected chi connectivity index (χ3v) is 6.46. The molecule has 3 aromatic heterocycles. The molecule has 3 heterocycles. The van der Waals surface area contributed by atoms with Gasteiger partial charge in [0.25, 0.3) is 10.0 Å². The lowest BCUT2D eigenvalue weighted by Gasteiger charge is -2.15. The van der Waals surface area contributed by atoms with Gasteiger partial charge in [0.2, 0.25) is 0 Å². The summed E-state index contributed by atoms with van der Waals surface area (Å²) in [6, 6.07) is 11.2. The summed E-state index contributed by atoms with van der Waals surface area (Å²) in [4.78, 5) is 8.22. The van der Waals surface area contributed by atoms with Crippen LogP contribution in [-0.2, 0) is 10.0 Å². The molecule has 0 aliphatic carbocycles. The Bertz CT molecular complexity index is 1350. The average Bonchev–Trinajstić information content (AvgIpc) is 3.16. The van der Waals surface area contributed by atoms with Crippen LogP contribution in [0.3, 0.4) is 0 Å². The molecule has 0 saturated carbocycles. The number of halogens is 1. The van der Waals surface area contributed by atoms with E-state index in [9.17, 15) is 12.8 Å². The Hall–Kier alpha value is -3.59. The second-order valence-electron chi connectivity index (χ2n) is 6.66. The van der Waals surface area contributed by atoms with E-state index >= 15 is 0 Å². The summed E-state index contributed by atoms with van der Waals surface area (Å²) in [6.45, 7) is 1.61. The normalized spacial score (nSPS) is 12.0. The fraction of sp³-hybridized carbons (Fsp3) is 0.0952. The summed E-state index contributed by atoms with van der Waals surface area (Å²) < 4.78 is 41.8. The van der Waals surface area contributed by atoms with Crippen molar-refractivity contribution in [1.82, 2.24) is 18.8 Å². The predicted molar refractivity (Wildman–Crippen MR) is 112 cm³/mol. The number of pyridine rings is 2. The number of fused-ring (bicyclic) bond motifs is 1. The molecule has 30 heavy (non-hydrogen) atoms. The van der Waals surface area contributed by atoms with E-state index in [2.05, 4.69) is 15.1 Å². The van der Waals surface area contributed by atoms with Crippen LogP contribution in [-0.4, -0.2) is 40.5 Å². The van der Waals surface area contributed by atoms with E-state index in [4.69, 9.17) is 0 Å². The number of nitrogens with zero attached hydrogens (tertiary/aromatic N) is 5. The second kappa shape index (κ2) is 7.68. The van der Waals surface area contributed by atoms with Gasteiger partial charge in [0.05, 0.1) is 23.0 Å². The van der Waals surface area contributed by atoms with Crippen molar-refractivity contribution in [3.05, 3.63) is 84.3 Å². The molecule has 152 valence electrons. The lowest BCUT2D eigenvalue weighted by Crippen LogP contribution is -2.23. The van der Waals surface area contributed by atoms with Crippen LogP contribution in [0.1, 0.15) is 11.3 Å². The number of hydrazone groups is 1. The molecule has 7 nitrogen and oxygen atoms in total. The van der Waals surface area contributed by atoms with Gasteiger partial charge in [0.1, 0.15) is 11.5 Å². The van der Waals surface area contributed by atoms with E-state index < -0.39 is 15.8 Å².